The highest BCUT2D eigenvalue weighted by atomic mass is 32.1. The molecule has 1 aromatic heterocycles. The quantitative estimate of drug-likeness (QED) is 0.132. The molecule has 2 fully saturated rings. The molecule has 11 heteroatoms. The fourth-order valence-electron chi connectivity index (χ4n) is 6.82. The molecule has 0 radical (unpaired) electrons. The lowest BCUT2D eigenvalue weighted by atomic mass is 10.1. The summed E-state index contributed by atoms with van der Waals surface area (Å²) in [6, 6.07) is 16.4. The normalized spacial score (nSPS) is 18.0. The summed E-state index contributed by atoms with van der Waals surface area (Å²) in [4.78, 5) is 29.4. The van der Waals surface area contributed by atoms with Gasteiger partial charge in [0.2, 0.25) is 0 Å². The number of nitrogens with zero attached hydrogens (tertiary/aromatic N) is 5. The van der Waals surface area contributed by atoms with E-state index < -0.39 is 0 Å². The predicted molar refractivity (Wildman–Crippen MR) is 193 cm³/mol. The molecule has 1 unspecified atom stereocenters. The predicted octanol–water partition coefficient (Wildman–Crippen LogP) is 7.07. The van der Waals surface area contributed by atoms with Crippen LogP contribution < -0.4 is 14.2 Å². The lowest BCUT2D eigenvalue weighted by molar-refractivity contribution is 0.0774. The largest absolute Gasteiger partial charge is 0.494 e. The minimum atomic E-state index is -0.236. The zero-order valence-corrected chi connectivity index (χ0v) is 28.9. The first-order valence-electron chi connectivity index (χ1n) is 17.5. The van der Waals surface area contributed by atoms with E-state index in [9.17, 15) is 9.18 Å². The number of carbonyl (C=O) groups excluding carboxylic acids is 1. The van der Waals surface area contributed by atoms with Crippen LogP contribution >= 0.6 is 11.3 Å². The Labute approximate surface area is 291 Å². The summed E-state index contributed by atoms with van der Waals surface area (Å²) in [7, 11) is 1.61. The first kappa shape index (κ1) is 33.4. The van der Waals surface area contributed by atoms with Gasteiger partial charge >= 0.3 is 0 Å². The number of ether oxygens (including phenoxy) is 3. The molecule has 0 N–H and O–H groups in total. The van der Waals surface area contributed by atoms with Crippen LogP contribution in [0.4, 0.5) is 10.1 Å². The van der Waals surface area contributed by atoms with Crippen molar-refractivity contribution in [3.05, 3.63) is 66.0 Å². The average molecular weight is 686 g/mol. The van der Waals surface area contributed by atoms with Crippen molar-refractivity contribution in [3.8, 4) is 27.8 Å². The van der Waals surface area contributed by atoms with E-state index >= 15 is 0 Å². The van der Waals surface area contributed by atoms with E-state index in [-0.39, 0.29) is 17.8 Å². The Kier molecular flexibility index (Phi) is 10.7. The molecule has 0 aliphatic carbocycles. The molecule has 3 aliphatic rings. The molecule has 258 valence electrons. The van der Waals surface area contributed by atoms with E-state index in [1.54, 1.807) is 19.2 Å². The van der Waals surface area contributed by atoms with Crippen molar-refractivity contribution in [2.45, 2.75) is 44.6 Å². The van der Waals surface area contributed by atoms with Gasteiger partial charge in [-0.05, 0) is 100 Å². The van der Waals surface area contributed by atoms with Crippen LogP contribution in [0.25, 0.3) is 20.8 Å². The molecule has 3 aliphatic heterocycles. The van der Waals surface area contributed by atoms with Crippen LogP contribution in [0.3, 0.4) is 0 Å². The highest BCUT2D eigenvalue weighted by molar-refractivity contribution is 7.21. The number of fused-ring (bicyclic) bond motifs is 3. The maximum absolute atomic E-state index is 13.5. The molecule has 0 saturated carbocycles. The van der Waals surface area contributed by atoms with Crippen molar-refractivity contribution in [2.75, 3.05) is 66.1 Å². The highest BCUT2D eigenvalue weighted by Gasteiger charge is 2.32. The van der Waals surface area contributed by atoms with Crippen LogP contribution in [-0.2, 0) is 0 Å². The van der Waals surface area contributed by atoms with Crippen molar-refractivity contribution in [3.63, 3.8) is 0 Å². The summed E-state index contributed by atoms with van der Waals surface area (Å²) in [6.45, 7) is 8.62. The van der Waals surface area contributed by atoms with Gasteiger partial charge < -0.3 is 28.9 Å². The third kappa shape index (κ3) is 8.06. The van der Waals surface area contributed by atoms with Crippen LogP contribution in [-0.4, -0.2) is 104 Å². The number of methoxy groups -OCH3 is 1. The fourth-order valence-corrected chi connectivity index (χ4v) is 7.82. The van der Waals surface area contributed by atoms with E-state index in [0.717, 1.165) is 111 Å². The van der Waals surface area contributed by atoms with E-state index in [4.69, 9.17) is 14.2 Å². The monoisotopic (exact) mass is 685 g/mol. The summed E-state index contributed by atoms with van der Waals surface area (Å²) < 4.78 is 32.1. The topological polar surface area (TPSA) is 79.7 Å². The van der Waals surface area contributed by atoms with Crippen LogP contribution in [0.1, 0.15) is 48.9 Å². The Morgan fingerprint density at radius 2 is 1.59 bits per heavy atom. The molecule has 4 aromatic rings. The van der Waals surface area contributed by atoms with Crippen molar-refractivity contribution >= 4 is 39.4 Å². The maximum Gasteiger partial charge on any atom is 0.256 e. The van der Waals surface area contributed by atoms with Gasteiger partial charge in [0, 0.05) is 50.6 Å². The fraction of sp³-hybridized carbons (Fsp3) is 0.447. The second-order valence-corrected chi connectivity index (χ2v) is 14.0. The Balaban J connectivity index is 0.761. The van der Waals surface area contributed by atoms with E-state index in [1.807, 2.05) is 41.4 Å². The standard InChI is InChI=1S/C38H44FN5O4S/c1-46-34-24-31-33(40-26-29-7-6-16-44(29)38(31)45)25-35(34)48-22-5-3-15-43-19-17-42(18-20-43)14-2-4-21-47-30-11-8-27(9-12-30)37-41-32-13-10-28(39)23-36(32)49-37/h8-13,23-26,29H,2-7,14-22H2,1H3. The summed E-state index contributed by atoms with van der Waals surface area (Å²) in [5.41, 5.74) is 3.08. The Bertz CT molecular complexity index is 1770. The lowest BCUT2D eigenvalue weighted by Crippen LogP contribution is -2.46. The number of amides is 1. The lowest BCUT2D eigenvalue weighted by Gasteiger charge is -2.34. The average Bonchev–Trinajstić information content (AvgIpc) is 3.75. The summed E-state index contributed by atoms with van der Waals surface area (Å²) in [5.74, 6) is 1.87. The van der Waals surface area contributed by atoms with Gasteiger partial charge in [-0.15, -0.1) is 11.3 Å². The number of thiazole rings is 1. The van der Waals surface area contributed by atoms with E-state index in [1.165, 1.54) is 23.5 Å². The van der Waals surface area contributed by atoms with Gasteiger partial charge in [-0.3, -0.25) is 9.79 Å². The minimum Gasteiger partial charge on any atom is -0.494 e. The first-order chi connectivity index (χ1) is 24.0. The molecule has 2 saturated heterocycles. The number of aromatic nitrogens is 1. The second kappa shape index (κ2) is 15.7. The van der Waals surface area contributed by atoms with E-state index in [2.05, 4.69) is 19.8 Å². The van der Waals surface area contributed by atoms with Crippen molar-refractivity contribution < 1.29 is 23.4 Å². The Morgan fingerprint density at radius 3 is 2.33 bits per heavy atom. The van der Waals surface area contributed by atoms with Crippen molar-refractivity contribution in [1.82, 2.24) is 19.7 Å². The van der Waals surface area contributed by atoms with Crippen LogP contribution in [0, 0.1) is 5.82 Å². The van der Waals surface area contributed by atoms with Gasteiger partial charge in [-0.2, -0.15) is 0 Å². The molecule has 9 nitrogen and oxygen atoms in total. The van der Waals surface area contributed by atoms with Gasteiger partial charge in [0.15, 0.2) is 11.5 Å². The third-order valence-corrected chi connectivity index (χ3v) is 10.7. The highest BCUT2D eigenvalue weighted by Crippen LogP contribution is 2.38. The van der Waals surface area contributed by atoms with Gasteiger partial charge in [0.05, 0.1) is 47.8 Å². The molecule has 0 bridgehead atoms. The number of rotatable bonds is 14. The number of halogens is 1. The third-order valence-electron chi connectivity index (χ3n) is 9.64. The number of benzene rings is 3. The SMILES string of the molecule is COc1cc2c(cc1OCCCCN1CCN(CCCCOc3ccc(-c4nc5ccc(F)cc5s4)cc3)CC1)N=CC1CCCN1C2=O. The van der Waals surface area contributed by atoms with Crippen LogP contribution in [0.5, 0.6) is 17.2 Å². The number of hydrogen-bond donors (Lipinski definition) is 0. The molecule has 0 spiro atoms. The zero-order chi connectivity index (χ0) is 33.6. The number of hydrogen-bond acceptors (Lipinski definition) is 9. The summed E-state index contributed by atoms with van der Waals surface area (Å²) in [6.07, 6.45) is 8.03. The van der Waals surface area contributed by atoms with Gasteiger partial charge in [0.25, 0.3) is 5.91 Å². The Hall–Kier alpha value is -4.06. The molecule has 7 rings (SSSR count). The molecule has 49 heavy (non-hydrogen) atoms. The molecule has 1 amide bonds. The smallest absolute Gasteiger partial charge is 0.256 e. The molecule has 1 atom stereocenters. The first-order valence-corrected chi connectivity index (χ1v) is 18.3. The van der Waals surface area contributed by atoms with Crippen molar-refractivity contribution in [1.29, 1.82) is 0 Å². The molecular formula is C38H44FN5O4S. The van der Waals surface area contributed by atoms with Gasteiger partial charge in [-0.25, -0.2) is 9.37 Å². The minimum absolute atomic E-state index is 0.0236. The summed E-state index contributed by atoms with van der Waals surface area (Å²) >= 11 is 1.50. The van der Waals surface area contributed by atoms with E-state index in [0.29, 0.717) is 36.0 Å². The van der Waals surface area contributed by atoms with Gasteiger partial charge in [-0.1, -0.05) is 0 Å². The second-order valence-electron chi connectivity index (χ2n) is 13.0. The van der Waals surface area contributed by atoms with Crippen LogP contribution in [0.15, 0.2) is 59.6 Å². The number of carbonyl (C=O) groups is 1. The molecule has 4 heterocycles. The van der Waals surface area contributed by atoms with Crippen LogP contribution in [0.2, 0.25) is 0 Å². The summed E-state index contributed by atoms with van der Waals surface area (Å²) in [5, 5.41) is 0.884. The number of aliphatic imine (C=N–C) groups is 1. The maximum atomic E-state index is 13.5. The molecule has 3 aromatic carbocycles. The van der Waals surface area contributed by atoms with Gasteiger partial charge in [0.1, 0.15) is 16.6 Å². The van der Waals surface area contributed by atoms with Crippen molar-refractivity contribution in [2.24, 2.45) is 4.99 Å². The number of piperazine rings is 1. The molecular weight excluding hydrogens is 642 g/mol. The number of unbranched alkanes of at least 4 members (excludes halogenated alkanes) is 2. The Morgan fingerprint density at radius 1 is 0.857 bits per heavy atom. The zero-order valence-electron chi connectivity index (χ0n) is 28.1.